The number of nitro benzene ring substituents is 1. The molecule has 1 aliphatic heterocycles. The molecule has 3 rings (SSSR count). The van der Waals surface area contributed by atoms with E-state index >= 15 is 0 Å². The van der Waals surface area contributed by atoms with Gasteiger partial charge in [0.15, 0.2) is 9.84 Å². The van der Waals surface area contributed by atoms with Gasteiger partial charge in [0.2, 0.25) is 0 Å². The van der Waals surface area contributed by atoms with Crippen LogP contribution in [0, 0.1) is 10.1 Å². The van der Waals surface area contributed by atoms with Crippen molar-refractivity contribution in [1.82, 2.24) is 4.90 Å². The standard InChI is InChI=1S/C17H21N3O5S/c1-26(23,24)16-8-4-6-13(17(16)20(21)22)18-12-14(15-7-5-11-25-15)19-9-2-3-10-19/h4-8,11,14,18H,2-3,9-10,12H2,1H3. The van der Waals surface area contributed by atoms with Crippen LogP contribution in [-0.4, -0.2) is 44.1 Å². The molecule has 1 saturated heterocycles. The molecule has 0 saturated carbocycles. The van der Waals surface area contributed by atoms with Gasteiger partial charge in [0.1, 0.15) is 16.3 Å². The average molecular weight is 379 g/mol. The second-order valence-corrected chi connectivity index (χ2v) is 8.32. The van der Waals surface area contributed by atoms with E-state index in [-0.39, 0.29) is 16.6 Å². The molecule has 1 unspecified atom stereocenters. The second kappa shape index (κ2) is 7.46. The number of hydrogen-bond acceptors (Lipinski definition) is 7. The van der Waals surface area contributed by atoms with E-state index in [9.17, 15) is 18.5 Å². The molecule has 8 nitrogen and oxygen atoms in total. The minimum atomic E-state index is -3.71. The molecule has 9 heteroatoms. The summed E-state index contributed by atoms with van der Waals surface area (Å²) in [7, 11) is -3.71. The molecule has 140 valence electrons. The summed E-state index contributed by atoms with van der Waals surface area (Å²) in [5.74, 6) is 0.779. The van der Waals surface area contributed by atoms with Crippen LogP contribution in [0.1, 0.15) is 24.6 Å². The Morgan fingerprint density at radius 1 is 1.27 bits per heavy atom. The van der Waals surface area contributed by atoms with Crippen molar-refractivity contribution in [3.8, 4) is 0 Å². The monoisotopic (exact) mass is 379 g/mol. The zero-order chi connectivity index (χ0) is 18.7. The van der Waals surface area contributed by atoms with E-state index in [0.717, 1.165) is 37.9 Å². The Hall–Kier alpha value is -2.39. The van der Waals surface area contributed by atoms with E-state index in [1.165, 1.54) is 18.2 Å². The van der Waals surface area contributed by atoms with Crippen LogP contribution in [0.15, 0.2) is 45.9 Å². The first kappa shape index (κ1) is 18.4. The van der Waals surface area contributed by atoms with Crippen molar-refractivity contribution in [2.45, 2.75) is 23.8 Å². The number of para-hydroxylation sites is 1. The molecule has 0 amide bonds. The molecule has 0 radical (unpaired) electrons. The highest BCUT2D eigenvalue weighted by molar-refractivity contribution is 7.90. The van der Waals surface area contributed by atoms with E-state index in [0.29, 0.717) is 6.54 Å². The molecule has 2 aromatic rings. The van der Waals surface area contributed by atoms with Crippen LogP contribution in [-0.2, 0) is 9.84 Å². The largest absolute Gasteiger partial charge is 0.468 e. The van der Waals surface area contributed by atoms with Gasteiger partial charge in [-0.25, -0.2) is 8.42 Å². The van der Waals surface area contributed by atoms with Gasteiger partial charge in [-0.15, -0.1) is 0 Å². The molecule has 1 aromatic carbocycles. The number of furan rings is 1. The molecular formula is C17H21N3O5S. The molecule has 0 aliphatic carbocycles. The van der Waals surface area contributed by atoms with E-state index in [4.69, 9.17) is 4.42 Å². The number of nitro groups is 1. The quantitative estimate of drug-likeness (QED) is 0.582. The Bertz CT molecular complexity index is 874. The van der Waals surface area contributed by atoms with E-state index < -0.39 is 20.4 Å². The SMILES string of the molecule is CS(=O)(=O)c1cccc(NCC(c2ccco2)N2CCCC2)c1[N+](=O)[O-]. The van der Waals surface area contributed by atoms with Crippen molar-refractivity contribution < 1.29 is 17.8 Å². The number of anilines is 1. The lowest BCUT2D eigenvalue weighted by Gasteiger charge is -2.26. The van der Waals surface area contributed by atoms with Crippen molar-refractivity contribution in [1.29, 1.82) is 0 Å². The third-order valence-corrected chi connectivity index (χ3v) is 5.65. The number of sulfone groups is 1. The van der Waals surface area contributed by atoms with Gasteiger partial charge in [-0.2, -0.15) is 0 Å². The molecule has 1 aliphatic rings. The average Bonchev–Trinajstić information content (AvgIpc) is 3.28. The molecular weight excluding hydrogens is 358 g/mol. The van der Waals surface area contributed by atoms with Gasteiger partial charge >= 0.3 is 5.69 Å². The van der Waals surface area contributed by atoms with Crippen molar-refractivity contribution in [3.63, 3.8) is 0 Å². The topological polar surface area (TPSA) is 106 Å². The van der Waals surface area contributed by atoms with Gasteiger partial charge in [-0.3, -0.25) is 15.0 Å². The lowest BCUT2D eigenvalue weighted by molar-refractivity contribution is -0.386. The zero-order valence-corrected chi connectivity index (χ0v) is 15.2. The number of likely N-dealkylation sites (tertiary alicyclic amines) is 1. The van der Waals surface area contributed by atoms with E-state index in [2.05, 4.69) is 10.2 Å². The molecule has 1 N–H and O–H groups in total. The fourth-order valence-corrected chi connectivity index (χ4v) is 4.16. The summed E-state index contributed by atoms with van der Waals surface area (Å²) in [5, 5.41) is 14.6. The summed E-state index contributed by atoms with van der Waals surface area (Å²) in [6.07, 6.45) is 4.77. The van der Waals surface area contributed by atoms with Crippen LogP contribution in [0.4, 0.5) is 11.4 Å². The highest BCUT2D eigenvalue weighted by atomic mass is 32.2. The minimum absolute atomic E-state index is 0.0750. The number of rotatable bonds is 7. The summed E-state index contributed by atoms with van der Waals surface area (Å²) in [6, 6.07) is 7.90. The fraction of sp³-hybridized carbons (Fsp3) is 0.412. The number of nitrogens with zero attached hydrogens (tertiary/aromatic N) is 2. The third kappa shape index (κ3) is 3.88. The van der Waals surface area contributed by atoms with Gasteiger partial charge in [0.05, 0.1) is 17.2 Å². The van der Waals surface area contributed by atoms with Crippen molar-refractivity contribution in [2.75, 3.05) is 31.2 Å². The lowest BCUT2D eigenvalue weighted by Crippen LogP contribution is -2.30. The van der Waals surface area contributed by atoms with Gasteiger partial charge < -0.3 is 9.73 Å². The van der Waals surface area contributed by atoms with Crippen molar-refractivity contribution in [2.24, 2.45) is 0 Å². The highest BCUT2D eigenvalue weighted by Gasteiger charge is 2.29. The first-order chi connectivity index (χ1) is 12.4. The lowest BCUT2D eigenvalue weighted by atomic mass is 10.2. The van der Waals surface area contributed by atoms with Gasteiger partial charge in [0, 0.05) is 12.8 Å². The first-order valence-corrected chi connectivity index (χ1v) is 10.3. The third-order valence-electron chi connectivity index (χ3n) is 4.52. The zero-order valence-electron chi connectivity index (χ0n) is 14.4. The Morgan fingerprint density at radius 3 is 2.58 bits per heavy atom. The number of nitrogens with one attached hydrogen (secondary N) is 1. The predicted octanol–water partition coefficient (Wildman–Crippen LogP) is 2.84. The van der Waals surface area contributed by atoms with Crippen LogP contribution in [0.2, 0.25) is 0 Å². The van der Waals surface area contributed by atoms with Crippen LogP contribution in [0.3, 0.4) is 0 Å². The molecule has 1 atom stereocenters. The number of hydrogen-bond donors (Lipinski definition) is 1. The smallest absolute Gasteiger partial charge is 0.310 e. The van der Waals surface area contributed by atoms with E-state index in [1.54, 1.807) is 6.26 Å². The van der Waals surface area contributed by atoms with Crippen molar-refractivity contribution in [3.05, 3.63) is 52.5 Å². The van der Waals surface area contributed by atoms with E-state index in [1.807, 2.05) is 12.1 Å². The Kier molecular flexibility index (Phi) is 5.28. The van der Waals surface area contributed by atoms with Crippen LogP contribution >= 0.6 is 0 Å². The first-order valence-electron chi connectivity index (χ1n) is 8.36. The maximum atomic E-state index is 11.9. The van der Waals surface area contributed by atoms with Gasteiger partial charge in [0.25, 0.3) is 0 Å². The predicted molar refractivity (Wildman–Crippen MR) is 97.0 cm³/mol. The number of benzene rings is 1. The van der Waals surface area contributed by atoms with Gasteiger partial charge in [-0.05, 0) is 50.2 Å². The molecule has 0 spiro atoms. The Morgan fingerprint density at radius 2 is 2.00 bits per heavy atom. The Balaban J connectivity index is 1.89. The molecule has 1 aromatic heterocycles. The highest BCUT2D eigenvalue weighted by Crippen LogP contribution is 2.33. The van der Waals surface area contributed by atoms with Crippen LogP contribution in [0.25, 0.3) is 0 Å². The van der Waals surface area contributed by atoms with Crippen LogP contribution < -0.4 is 5.32 Å². The Labute approximate surface area is 151 Å². The van der Waals surface area contributed by atoms with Gasteiger partial charge in [-0.1, -0.05) is 6.07 Å². The van der Waals surface area contributed by atoms with Crippen LogP contribution in [0.5, 0.6) is 0 Å². The molecule has 26 heavy (non-hydrogen) atoms. The molecule has 1 fully saturated rings. The minimum Gasteiger partial charge on any atom is -0.468 e. The second-order valence-electron chi connectivity index (χ2n) is 6.34. The normalized spacial score (nSPS) is 16.5. The summed E-state index contributed by atoms with van der Waals surface area (Å²) < 4.78 is 29.3. The fourth-order valence-electron chi connectivity index (χ4n) is 3.30. The van der Waals surface area contributed by atoms with Crippen molar-refractivity contribution >= 4 is 21.2 Å². The summed E-state index contributed by atoms with van der Waals surface area (Å²) >= 11 is 0. The summed E-state index contributed by atoms with van der Waals surface area (Å²) in [6.45, 7) is 2.23. The summed E-state index contributed by atoms with van der Waals surface area (Å²) in [5.41, 5.74) is -0.233. The maximum Gasteiger partial charge on any atom is 0.310 e. The molecule has 2 heterocycles. The maximum absolute atomic E-state index is 11.9. The summed E-state index contributed by atoms with van der Waals surface area (Å²) in [4.78, 5) is 12.8. The molecule has 0 bridgehead atoms.